The van der Waals surface area contributed by atoms with Gasteiger partial charge in [-0.2, -0.15) is 0 Å². The summed E-state index contributed by atoms with van der Waals surface area (Å²) in [7, 11) is 8.85. The Kier molecular flexibility index (Phi) is 2.64. The van der Waals surface area contributed by atoms with E-state index in [1.807, 2.05) is 19.0 Å². The minimum atomic E-state index is 1.50. The molecule has 1 nitrogen and oxygen atoms in total. The first-order valence-corrected chi connectivity index (χ1v) is 1.82. The van der Waals surface area contributed by atoms with Gasteiger partial charge in [-0.05, 0) is 6.20 Å². The van der Waals surface area contributed by atoms with Gasteiger partial charge in [-0.15, -0.1) is 5.98 Å². The minimum Gasteiger partial charge on any atom is -0.384 e. The molecule has 0 heterocycles. The van der Waals surface area contributed by atoms with Crippen LogP contribution in [0.2, 0.25) is 0 Å². The lowest BCUT2D eigenvalue weighted by atomic mass is 10.2. The van der Waals surface area contributed by atoms with Crippen LogP contribution in [0.5, 0.6) is 0 Å². The molecule has 0 rings (SSSR count). The summed E-state index contributed by atoms with van der Waals surface area (Å²) in [6.07, 6.45) is 1.78. The Bertz CT molecular complexity index is 49.5. The van der Waals surface area contributed by atoms with Gasteiger partial charge in [-0.25, -0.2) is 0 Å². The molecular formula is C4H8BN. The zero-order valence-electron chi connectivity index (χ0n) is 4.18. The van der Waals surface area contributed by atoms with Gasteiger partial charge >= 0.3 is 0 Å². The minimum absolute atomic E-state index is 1.50. The van der Waals surface area contributed by atoms with Crippen LogP contribution in [0.1, 0.15) is 0 Å². The summed E-state index contributed by atoms with van der Waals surface area (Å²) in [4.78, 5) is 1.88. The maximum absolute atomic E-state index is 5.01. The molecule has 0 spiro atoms. The highest BCUT2D eigenvalue weighted by Crippen LogP contribution is 1.69. The summed E-state index contributed by atoms with van der Waals surface area (Å²) < 4.78 is 0. The molecule has 0 amide bonds. The summed E-state index contributed by atoms with van der Waals surface area (Å²) in [5.74, 6) is 1.50. The number of hydrogen-bond acceptors (Lipinski definition) is 1. The second kappa shape index (κ2) is 2.82. The second-order valence-corrected chi connectivity index (χ2v) is 1.31. The molecule has 0 aliphatic heterocycles. The largest absolute Gasteiger partial charge is 0.384 e. The Balaban J connectivity index is 3.03. The Morgan fingerprint density at radius 2 is 2.00 bits per heavy atom. The van der Waals surface area contributed by atoms with Crippen LogP contribution < -0.4 is 0 Å². The maximum atomic E-state index is 5.01. The third-order valence-electron chi connectivity index (χ3n) is 0.384. The molecule has 2 radical (unpaired) electrons. The molecule has 2 heteroatoms. The Labute approximate surface area is 40.1 Å². The molecule has 32 valence electrons. The van der Waals surface area contributed by atoms with E-state index in [9.17, 15) is 0 Å². The van der Waals surface area contributed by atoms with Crippen molar-refractivity contribution in [3.8, 4) is 0 Å². The lowest BCUT2D eigenvalue weighted by Gasteiger charge is -2.00. The Hall–Kier alpha value is -0.395. The first kappa shape index (κ1) is 5.60. The summed E-state index contributed by atoms with van der Waals surface area (Å²) in [6.45, 7) is 0. The van der Waals surface area contributed by atoms with Gasteiger partial charge in [0.05, 0.1) is 0 Å². The first-order valence-electron chi connectivity index (χ1n) is 1.82. The van der Waals surface area contributed by atoms with Gasteiger partial charge in [0.25, 0.3) is 0 Å². The van der Waals surface area contributed by atoms with Crippen LogP contribution >= 0.6 is 0 Å². The van der Waals surface area contributed by atoms with E-state index < -0.39 is 0 Å². The average molecular weight is 80.9 g/mol. The third kappa shape index (κ3) is 3.60. The fourth-order valence-electron chi connectivity index (χ4n) is 0.172. The molecule has 0 aromatic rings. The van der Waals surface area contributed by atoms with E-state index in [1.165, 1.54) is 5.98 Å². The SMILES string of the molecule is [B]/C=C/N(C)C. The van der Waals surface area contributed by atoms with Gasteiger partial charge in [0.15, 0.2) is 0 Å². The fourth-order valence-corrected chi connectivity index (χ4v) is 0.172. The number of nitrogens with zero attached hydrogens (tertiary/aromatic N) is 1. The molecule has 0 aromatic heterocycles. The van der Waals surface area contributed by atoms with Crippen molar-refractivity contribution < 1.29 is 0 Å². The maximum Gasteiger partial charge on any atom is 0.104 e. The normalized spacial score (nSPS) is 9.67. The topological polar surface area (TPSA) is 3.24 Å². The van der Waals surface area contributed by atoms with E-state index >= 15 is 0 Å². The van der Waals surface area contributed by atoms with Gasteiger partial charge in [0, 0.05) is 14.1 Å². The van der Waals surface area contributed by atoms with Gasteiger partial charge in [0.1, 0.15) is 7.85 Å². The standard InChI is InChI=1S/C4H8BN/c1-6(2)4-3-5/h3-4H,1-2H3/b4-3+. The highest BCUT2D eigenvalue weighted by Gasteiger charge is 1.65. The highest BCUT2D eigenvalue weighted by atomic mass is 15.0. The molecular weight excluding hydrogens is 72.9 g/mol. The van der Waals surface area contributed by atoms with E-state index in [0.29, 0.717) is 0 Å². The van der Waals surface area contributed by atoms with Gasteiger partial charge in [-0.1, -0.05) is 0 Å². The zero-order chi connectivity index (χ0) is 4.99. The van der Waals surface area contributed by atoms with Crippen molar-refractivity contribution in [1.29, 1.82) is 0 Å². The molecule has 0 unspecified atom stereocenters. The van der Waals surface area contributed by atoms with E-state index in [1.54, 1.807) is 6.20 Å². The fraction of sp³-hybridized carbons (Fsp3) is 0.500. The molecule has 0 aliphatic carbocycles. The summed E-state index contributed by atoms with van der Waals surface area (Å²) >= 11 is 0. The van der Waals surface area contributed by atoms with Crippen LogP contribution in [0.4, 0.5) is 0 Å². The van der Waals surface area contributed by atoms with Gasteiger partial charge in [-0.3, -0.25) is 0 Å². The van der Waals surface area contributed by atoms with Gasteiger partial charge in [0.2, 0.25) is 0 Å². The number of hydrogen-bond donors (Lipinski definition) is 0. The molecule has 0 atom stereocenters. The Morgan fingerprint density at radius 3 is 2.00 bits per heavy atom. The van der Waals surface area contributed by atoms with Crippen molar-refractivity contribution >= 4 is 7.85 Å². The van der Waals surface area contributed by atoms with Crippen LogP contribution in [0.25, 0.3) is 0 Å². The molecule has 0 aliphatic rings. The predicted octanol–water partition coefficient (Wildman–Crippen LogP) is 0.188. The second-order valence-electron chi connectivity index (χ2n) is 1.31. The zero-order valence-corrected chi connectivity index (χ0v) is 4.18. The van der Waals surface area contributed by atoms with Crippen molar-refractivity contribution in [2.45, 2.75) is 0 Å². The predicted molar refractivity (Wildman–Crippen MR) is 28.6 cm³/mol. The van der Waals surface area contributed by atoms with Crippen LogP contribution in [-0.2, 0) is 0 Å². The Morgan fingerprint density at radius 1 is 1.50 bits per heavy atom. The van der Waals surface area contributed by atoms with Crippen LogP contribution in [0.15, 0.2) is 12.2 Å². The third-order valence-corrected chi connectivity index (χ3v) is 0.384. The quantitative estimate of drug-likeness (QED) is 0.407. The highest BCUT2D eigenvalue weighted by molar-refractivity contribution is 6.16. The van der Waals surface area contributed by atoms with Crippen molar-refractivity contribution in [3.05, 3.63) is 12.2 Å². The van der Waals surface area contributed by atoms with E-state index in [-0.39, 0.29) is 0 Å². The lowest BCUT2D eigenvalue weighted by molar-refractivity contribution is 0.565. The van der Waals surface area contributed by atoms with Crippen molar-refractivity contribution in [2.24, 2.45) is 0 Å². The smallest absolute Gasteiger partial charge is 0.104 e. The van der Waals surface area contributed by atoms with E-state index in [4.69, 9.17) is 7.85 Å². The van der Waals surface area contributed by atoms with Crippen LogP contribution in [-0.4, -0.2) is 26.8 Å². The molecule has 0 N–H and O–H groups in total. The number of rotatable bonds is 1. The summed E-state index contributed by atoms with van der Waals surface area (Å²) in [5, 5.41) is 0. The summed E-state index contributed by atoms with van der Waals surface area (Å²) in [5.41, 5.74) is 0. The van der Waals surface area contributed by atoms with Crippen LogP contribution in [0, 0.1) is 0 Å². The van der Waals surface area contributed by atoms with E-state index in [0.717, 1.165) is 0 Å². The average Bonchev–Trinajstić information content (AvgIpc) is 1.35. The molecule has 0 saturated heterocycles. The lowest BCUT2D eigenvalue weighted by Crippen LogP contribution is -1.99. The van der Waals surface area contributed by atoms with Crippen molar-refractivity contribution in [1.82, 2.24) is 4.90 Å². The van der Waals surface area contributed by atoms with Crippen molar-refractivity contribution in [2.75, 3.05) is 14.1 Å². The van der Waals surface area contributed by atoms with Gasteiger partial charge < -0.3 is 4.90 Å². The molecule has 0 bridgehead atoms. The van der Waals surface area contributed by atoms with Crippen molar-refractivity contribution in [3.63, 3.8) is 0 Å². The molecule has 6 heavy (non-hydrogen) atoms. The first-order chi connectivity index (χ1) is 2.77. The summed E-state index contributed by atoms with van der Waals surface area (Å²) in [6, 6.07) is 0. The molecule has 0 aromatic carbocycles. The molecule has 0 fully saturated rings. The molecule has 0 saturated carbocycles. The van der Waals surface area contributed by atoms with E-state index in [2.05, 4.69) is 0 Å². The van der Waals surface area contributed by atoms with Crippen LogP contribution in [0.3, 0.4) is 0 Å². The monoisotopic (exact) mass is 81.1 g/mol.